The summed E-state index contributed by atoms with van der Waals surface area (Å²) in [5.41, 5.74) is 0.176. The number of aromatic nitrogens is 3. The first-order chi connectivity index (χ1) is 12.9. The largest absolute Gasteiger partial charge is 0.444 e. The van der Waals surface area contributed by atoms with Gasteiger partial charge in [0.15, 0.2) is 0 Å². The molecule has 4 heterocycles. The number of hydrogen-bond acceptors (Lipinski definition) is 7. The second-order valence-corrected chi connectivity index (χ2v) is 8.11. The minimum Gasteiger partial charge on any atom is -0.444 e. The van der Waals surface area contributed by atoms with E-state index >= 15 is 0 Å². The van der Waals surface area contributed by atoms with Crippen LogP contribution in [0.3, 0.4) is 0 Å². The van der Waals surface area contributed by atoms with Gasteiger partial charge in [0.25, 0.3) is 0 Å². The van der Waals surface area contributed by atoms with Crippen molar-refractivity contribution >= 4 is 17.0 Å². The summed E-state index contributed by atoms with van der Waals surface area (Å²) < 4.78 is 11.6. The van der Waals surface area contributed by atoms with Crippen LogP contribution >= 0.6 is 0 Å². The first-order valence-corrected chi connectivity index (χ1v) is 9.20. The van der Waals surface area contributed by atoms with E-state index in [4.69, 9.17) is 9.47 Å². The number of piperazine rings is 1. The highest BCUT2D eigenvalue weighted by atomic mass is 16.6. The van der Waals surface area contributed by atoms with Crippen molar-refractivity contribution in [2.75, 3.05) is 13.7 Å². The minimum absolute atomic E-state index is 0.0212. The molecule has 1 N–H and O–H groups in total. The van der Waals surface area contributed by atoms with Gasteiger partial charge in [-0.25, -0.2) is 14.8 Å². The lowest BCUT2D eigenvalue weighted by atomic mass is 9.87. The van der Waals surface area contributed by atoms with Crippen molar-refractivity contribution < 1.29 is 14.3 Å². The summed E-state index contributed by atoms with van der Waals surface area (Å²) in [6.45, 7) is 6.28. The van der Waals surface area contributed by atoms with Crippen LogP contribution in [0.1, 0.15) is 39.3 Å². The number of amides is 1. The first kappa shape index (κ1) is 18.1. The maximum absolute atomic E-state index is 13.2. The number of carbonyl (C=O) groups is 1. The lowest BCUT2D eigenvalue weighted by molar-refractivity contribution is -0.0959. The van der Waals surface area contributed by atoms with E-state index in [1.54, 1.807) is 19.5 Å². The number of rotatable bonds is 2. The molecule has 27 heavy (non-hydrogen) atoms. The highest BCUT2D eigenvalue weighted by Gasteiger charge is 2.60. The van der Waals surface area contributed by atoms with Gasteiger partial charge in [0.1, 0.15) is 23.7 Å². The van der Waals surface area contributed by atoms with E-state index in [0.717, 1.165) is 29.4 Å². The molecule has 2 fully saturated rings. The molecule has 0 aliphatic carbocycles. The van der Waals surface area contributed by atoms with E-state index in [9.17, 15) is 4.79 Å². The van der Waals surface area contributed by atoms with Crippen LogP contribution in [0.2, 0.25) is 0 Å². The maximum Gasteiger partial charge on any atom is 0.411 e. The molecule has 2 bridgehead atoms. The lowest BCUT2D eigenvalue weighted by Gasteiger charge is -2.49. The van der Waals surface area contributed by atoms with E-state index in [0.29, 0.717) is 6.54 Å². The zero-order chi connectivity index (χ0) is 19.2. The Bertz CT molecular complexity index is 863. The van der Waals surface area contributed by atoms with Crippen molar-refractivity contribution in [2.24, 2.45) is 0 Å². The molecular formula is C19H25N5O3. The van der Waals surface area contributed by atoms with Gasteiger partial charge in [-0.1, -0.05) is 0 Å². The summed E-state index contributed by atoms with van der Waals surface area (Å²) in [6.07, 6.45) is 5.82. The Balaban J connectivity index is 1.90. The molecule has 0 spiro atoms. The number of nitrogens with one attached hydrogen (secondary N) is 1. The predicted molar refractivity (Wildman–Crippen MR) is 98.9 cm³/mol. The van der Waals surface area contributed by atoms with Crippen LogP contribution in [-0.4, -0.2) is 57.5 Å². The summed E-state index contributed by atoms with van der Waals surface area (Å²) in [6, 6.07) is 1.87. The Morgan fingerprint density at radius 2 is 2.19 bits per heavy atom. The summed E-state index contributed by atoms with van der Waals surface area (Å²) in [5, 5.41) is 4.25. The molecule has 2 aliphatic rings. The van der Waals surface area contributed by atoms with Crippen LogP contribution < -0.4 is 5.32 Å². The van der Waals surface area contributed by atoms with Crippen molar-refractivity contribution in [3.8, 4) is 0 Å². The Morgan fingerprint density at radius 3 is 2.93 bits per heavy atom. The van der Waals surface area contributed by atoms with Gasteiger partial charge in [0, 0.05) is 37.5 Å². The lowest BCUT2D eigenvalue weighted by Crippen LogP contribution is -2.67. The molecule has 0 saturated carbocycles. The van der Waals surface area contributed by atoms with E-state index in [-0.39, 0.29) is 12.1 Å². The Kier molecular flexibility index (Phi) is 4.27. The molecule has 2 aromatic heterocycles. The summed E-state index contributed by atoms with van der Waals surface area (Å²) in [5.74, 6) is 0. The second kappa shape index (κ2) is 6.38. The topological polar surface area (TPSA) is 89.5 Å². The van der Waals surface area contributed by atoms with E-state index in [2.05, 4.69) is 20.3 Å². The number of pyridine rings is 1. The highest BCUT2D eigenvalue weighted by molar-refractivity contribution is 5.82. The fraction of sp³-hybridized carbons (Fsp3) is 0.579. The third kappa shape index (κ3) is 2.83. The SMILES string of the molecule is COC1NCC2CCC1(c1ncnc3ccncc13)N2C(=O)OC(C)(C)C. The molecule has 2 aromatic rings. The monoisotopic (exact) mass is 371 g/mol. The Labute approximate surface area is 158 Å². The zero-order valence-corrected chi connectivity index (χ0v) is 16.1. The van der Waals surface area contributed by atoms with Gasteiger partial charge in [0.05, 0.1) is 11.2 Å². The van der Waals surface area contributed by atoms with Gasteiger partial charge in [0.2, 0.25) is 0 Å². The fourth-order valence-corrected chi connectivity index (χ4v) is 4.33. The van der Waals surface area contributed by atoms with Crippen molar-refractivity contribution in [2.45, 2.75) is 57.0 Å². The van der Waals surface area contributed by atoms with Gasteiger partial charge in [-0.2, -0.15) is 0 Å². The molecule has 3 unspecified atom stereocenters. The number of hydrogen-bond donors (Lipinski definition) is 1. The van der Waals surface area contributed by atoms with Crippen molar-refractivity contribution in [3.63, 3.8) is 0 Å². The third-order valence-electron chi connectivity index (χ3n) is 5.30. The molecule has 0 aromatic carbocycles. The molecular weight excluding hydrogens is 346 g/mol. The van der Waals surface area contributed by atoms with Crippen LogP contribution in [0.5, 0.6) is 0 Å². The molecule has 8 nitrogen and oxygen atoms in total. The van der Waals surface area contributed by atoms with Crippen LogP contribution in [0.15, 0.2) is 24.8 Å². The van der Waals surface area contributed by atoms with Crippen molar-refractivity contribution in [1.82, 2.24) is 25.2 Å². The quantitative estimate of drug-likeness (QED) is 0.865. The Morgan fingerprint density at radius 1 is 1.37 bits per heavy atom. The number of methoxy groups -OCH3 is 1. The average molecular weight is 371 g/mol. The smallest absolute Gasteiger partial charge is 0.411 e. The van der Waals surface area contributed by atoms with E-state index in [1.807, 2.05) is 31.7 Å². The first-order valence-electron chi connectivity index (χ1n) is 9.20. The maximum atomic E-state index is 13.2. The number of fused-ring (bicyclic) bond motifs is 3. The van der Waals surface area contributed by atoms with E-state index < -0.39 is 17.4 Å². The van der Waals surface area contributed by atoms with E-state index in [1.165, 1.54) is 6.33 Å². The molecule has 0 radical (unpaired) electrons. The summed E-state index contributed by atoms with van der Waals surface area (Å²) >= 11 is 0. The van der Waals surface area contributed by atoms with Gasteiger partial charge >= 0.3 is 6.09 Å². The number of ether oxygens (including phenoxy) is 2. The van der Waals surface area contributed by atoms with Crippen molar-refractivity contribution in [1.29, 1.82) is 0 Å². The third-order valence-corrected chi connectivity index (χ3v) is 5.30. The second-order valence-electron chi connectivity index (χ2n) is 8.11. The summed E-state index contributed by atoms with van der Waals surface area (Å²) in [4.78, 5) is 28.3. The fourth-order valence-electron chi connectivity index (χ4n) is 4.33. The summed E-state index contributed by atoms with van der Waals surface area (Å²) in [7, 11) is 1.65. The number of carbonyl (C=O) groups excluding carboxylic acids is 1. The molecule has 4 rings (SSSR count). The molecule has 3 atom stereocenters. The van der Waals surface area contributed by atoms with Gasteiger partial charge in [-0.15, -0.1) is 0 Å². The Hall–Kier alpha value is -2.32. The molecule has 8 heteroatoms. The predicted octanol–water partition coefficient (Wildman–Crippen LogP) is 2.20. The zero-order valence-electron chi connectivity index (χ0n) is 16.1. The molecule has 1 amide bonds. The molecule has 144 valence electrons. The number of nitrogens with zero attached hydrogens (tertiary/aromatic N) is 4. The highest BCUT2D eigenvalue weighted by Crippen LogP contribution is 2.48. The van der Waals surface area contributed by atoms with Crippen LogP contribution in [-0.2, 0) is 15.0 Å². The standard InChI is InChI=1S/C19H25N5O3/c1-18(2,3)27-17(25)24-12-5-7-19(24,16(26-4)21-9-12)15-13-10-20-8-6-14(13)22-11-23-15/h6,8,10-12,16,21H,5,7,9H2,1-4H3. The van der Waals surface area contributed by atoms with Gasteiger partial charge in [-0.3, -0.25) is 15.2 Å². The van der Waals surface area contributed by atoms with Gasteiger partial charge in [-0.05, 0) is 39.7 Å². The van der Waals surface area contributed by atoms with Crippen LogP contribution in [0, 0.1) is 0 Å². The van der Waals surface area contributed by atoms with Crippen molar-refractivity contribution in [3.05, 3.63) is 30.5 Å². The van der Waals surface area contributed by atoms with Crippen LogP contribution in [0.4, 0.5) is 4.79 Å². The molecule has 2 saturated heterocycles. The minimum atomic E-state index is -0.774. The van der Waals surface area contributed by atoms with Gasteiger partial charge < -0.3 is 9.47 Å². The normalized spacial score (nSPS) is 27.8. The van der Waals surface area contributed by atoms with Crippen LogP contribution in [0.25, 0.3) is 10.9 Å². The molecule has 2 aliphatic heterocycles. The average Bonchev–Trinajstić information content (AvgIpc) is 2.91.